The molecular formula is C16H12N4O5. The number of nitro benzene ring substituents is 2. The molecule has 0 saturated carbocycles. The average molecular weight is 340 g/mol. The van der Waals surface area contributed by atoms with Crippen LogP contribution in [-0.2, 0) is 0 Å². The highest BCUT2D eigenvalue weighted by molar-refractivity contribution is 5.76. The number of nitro groups is 2. The normalized spacial score (nSPS) is 10.4. The third-order valence-corrected chi connectivity index (χ3v) is 3.64. The number of nitrogens with zero attached hydrogens (tertiary/aromatic N) is 3. The molecule has 0 aliphatic carbocycles. The molecule has 0 atom stereocenters. The monoisotopic (exact) mass is 340 g/mol. The molecule has 3 rings (SSSR count). The summed E-state index contributed by atoms with van der Waals surface area (Å²) >= 11 is 0. The van der Waals surface area contributed by atoms with Gasteiger partial charge in [-0.1, -0.05) is 0 Å². The van der Waals surface area contributed by atoms with Gasteiger partial charge in [0, 0.05) is 11.6 Å². The van der Waals surface area contributed by atoms with Gasteiger partial charge in [0.15, 0.2) is 0 Å². The van der Waals surface area contributed by atoms with E-state index in [-0.39, 0.29) is 16.9 Å². The van der Waals surface area contributed by atoms with E-state index in [0.29, 0.717) is 17.1 Å². The number of ether oxygens (including phenoxy) is 1. The molecule has 1 heterocycles. The van der Waals surface area contributed by atoms with Crippen molar-refractivity contribution in [3.8, 4) is 28.3 Å². The number of aromatic nitrogens is 2. The van der Waals surface area contributed by atoms with Gasteiger partial charge in [0.25, 0.3) is 11.4 Å². The topological polar surface area (TPSA) is 124 Å². The predicted octanol–water partition coefficient (Wildman–Crippen LogP) is 3.57. The van der Waals surface area contributed by atoms with E-state index in [1.807, 2.05) is 12.1 Å². The van der Waals surface area contributed by atoms with Crippen LogP contribution in [0.3, 0.4) is 0 Å². The zero-order valence-corrected chi connectivity index (χ0v) is 13.0. The Kier molecular flexibility index (Phi) is 4.12. The summed E-state index contributed by atoms with van der Waals surface area (Å²) in [6, 6.07) is 12.3. The predicted molar refractivity (Wildman–Crippen MR) is 89.3 cm³/mol. The highest BCUT2D eigenvalue weighted by Crippen LogP contribution is 2.33. The van der Waals surface area contributed by atoms with Crippen molar-refractivity contribution < 1.29 is 14.6 Å². The van der Waals surface area contributed by atoms with Gasteiger partial charge in [-0.25, -0.2) is 0 Å². The average Bonchev–Trinajstić information content (AvgIpc) is 3.11. The molecule has 0 aliphatic rings. The van der Waals surface area contributed by atoms with Gasteiger partial charge < -0.3 is 4.74 Å². The van der Waals surface area contributed by atoms with Crippen molar-refractivity contribution in [2.24, 2.45) is 0 Å². The van der Waals surface area contributed by atoms with Crippen LogP contribution in [0, 0.1) is 20.2 Å². The third kappa shape index (κ3) is 3.15. The highest BCUT2D eigenvalue weighted by Gasteiger charge is 2.22. The van der Waals surface area contributed by atoms with Crippen LogP contribution in [0.15, 0.2) is 48.5 Å². The second-order valence-corrected chi connectivity index (χ2v) is 5.11. The Morgan fingerprint density at radius 1 is 1.00 bits per heavy atom. The van der Waals surface area contributed by atoms with Gasteiger partial charge in [0.2, 0.25) is 0 Å². The summed E-state index contributed by atoms with van der Waals surface area (Å²) in [7, 11) is 1.56. The van der Waals surface area contributed by atoms with Crippen molar-refractivity contribution in [3.05, 3.63) is 68.8 Å². The summed E-state index contributed by atoms with van der Waals surface area (Å²) in [4.78, 5) is 20.7. The first-order valence-corrected chi connectivity index (χ1v) is 7.12. The van der Waals surface area contributed by atoms with Gasteiger partial charge in [-0.3, -0.25) is 25.3 Å². The van der Waals surface area contributed by atoms with E-state index >= 15 is 0 Å². The standard InChI is InChI=1S/C16H12N4O5/c1-25-12-5-2-10(3-6-12)14-9-15(18-17-14)13-7-4-11(19(21)22)8-16(13)20(23)24/h2-9H,1H3,(H,17,18). The Morgan fingerprint density at radius 2 is 1.72 bits per heavy atom. The van der Waals surface area contributed by atoms with E-state index in [0.717, 1.165) is 11.6 Å². The lowest BCUT2D eigenvalue weighted by Crippen LogP contribution is -1.95. The first kappa shape index (κ1) is 16.1. The van der Waals surface area contributed by atoms with Crippen molar-refractivity contribution >= 4 is 11.4 Å². The summed E-state index contributed by atoms with van der Waals surface area (Å²) in [6.07, 6.45) is 0. The Hall–Kier alpha value is -3.75. The largest absolute Gasteiger partial charge is 0.497 e. The van der Waals surface area contributed by atoms with Crippen molar-refractivity contribution in [2.75, 3.05) is 7.11 Å². The van der Waals surface area contributed by atoms with Crippen LogP contribution in [0.4, 0.5) is 11.4 Å². The van der Waals surface area contributed by atoms with Gasteiger partial charge in [0.05, 0.1) is 40.0 Å². The minimum absolute atomic E-state index is 0.225. The molecule has 0 saturated heterocycles. The molecule has 1 N–H and O–H groups in total. The fourth-order valence-corrected chi connectivity index (χ4v) is 2.38. The minimum Gasteiger partial charge on any atom is -0.497 e. The molecule has 2 aromatic carbocycles. The first-order valence-electron chi connectivity index (χ1n) is 7.12. The number of benzene rings is 2. The molecule has 0 fully saturated rings. The number of aromatic amines is 1. The maximum atomic E-state index is 11.3. The maximum absolute atomic E-state index is 11.3. The first-order chi connectivity index (χ1) is 12.0. The number of methoxy groups -OCH3 is 1. The van der Waals surface area contributed by atoms with Crippen LogP contribution in [0.5, 0.6) is 5.75 Å². The number of non-ortho nitro benzene ring substituents is 1. The summed E-state index contributed by atoms with van der Waals surface area (Å²) in [5.41, 5.74) is 1.30. The molecule has 25 heavy (non-hydrogen) atoms. The maximum Gasteiger partial charge on any atom is 0.285 e. The molecule has 0 radical (unpaired) electrons. The number of H-pyrrole nitrogens is 1. The van der Waals surface area contributed by atoms with Gasteiger partial charge in [-0.2, -0.15) is 5.10 Å². The Balaban J connectivity index is 2.01. The van der Waals surface area contributed by atoms with Crippen LogP contribution in [0.2, 0.25) is 0 Å². The third-order valence-electron chi connectivity index (χ3n) is 3.64. The van der Waals surface area contributed by atoms with Gasteiger partial charge in [-0.15, -0.1) is 0 Å². The zero-order chi connectivity index (χ0) is 18.0. The Morgan fingerprint density at radius 3 is 2.32 bits per heavy atom. The second-order valence-electron chi connectivity index (χ2n) is 5.11. The lowest BCUT2D eigenvalue weighted by molar-refractivity contribution is -0.393. The Bertz CT molecular complexity index is 949. The van der Waals surface area contributed by atoms with Gasteiger partial charge in [0.1, 0.15) is 5.75 Å². The van der Waals surface area contributed by atoms with E-state index in [4.69, 9.17) is 4.74 Å². The summed E-state index contributed by atoms with van der Waals surface area (Å²) in [5, 5.41) is 29.0. The highest BCUT2D eigenvalue weighted by atomic mass is 16.6. The molecule has 0 unspecified atom stereocenters. The Labute approximate surface area is 141 Å². The van der Waals surface area contributed by atoms with E-state index in [1.54, 1.807) is 25.3 Å². The van der Waals surface area contributed by atoms with E-state index in [1.165, 1.54) is 12.1 Å². The van der Waals surface area contributed by atoms with Crippen molar-refractivity contribution in [1.82, 2.24) is 10.2 Å². The molecule has 9 nitrogen and oxygen atoms in total. The zero-order valence-electron chi connectivity index (χ0n) is 13.0. The number of nitrogens with one attached hydrogen (secondary N) is 1. The molecular weight excluding hydrogens is 328 g/mol. The molecule has 3 aromatic rings. The van der Waals surface area contributed by atoms with Crippen LogP contribution >= 0.6 is 0 Å². The SMILES string of the molecule is COc1ccc(-c2cc(-c3ccc([N+](=O)[O-])cc3[N+](=O)[O-])[nH]n2)cc1. The van der Waals surface area contributed by atoms with Crippen LogP contribution in [0.25, 0.3) is 22.5 Å². The van der Waals surface area contributed by atoms with Crippen LogP contribution in [-0.4, -0.2) is 27.2 Å². The van der Waals surface area contributed by atoms with Gasteiger partial charge in [-0.05, 0) is 36.4 Å². The van der Waals surface area contributed by atoms with Crippen molar-refractivity contribution in [1.29, 1.82) is 0 Å². The second kappa shape index (κ2) is 6.40. The van der Waals surface area contributed by atoms with Crippen molar-refractivity contribution in [2.45, 2.75) is 0 Å². The molecule has 0 bridgehead atoms. The lowest BCUT2D eigenvalue weighted by atomic mass is 10.1. The summed E-state index contributed by atoms with van der Waals surface area (Å²) < 4.78 is 5.09. The molecule has 1 aromatic heterocycles. The molecule has 0 amide bonds. The van der Waals surface area contributed by atoms with Crippen molar-refractivity contribution in [3.63, 3.8) is 0 Å². The van der Waals surface area contributed by atoms with E-state index in [9.17, 15) is 20.2 Å². The fourth-order valence-electron chi connectivity index (χ4n) is 2.38. The number of rotatable bonds is 5. The molecule has 9 heteroatoms. The van der Waals surface area contributed by atoms with E-state index in [2.05, 4.69) is 10.2 Å². The van der Waals surface area contributed by atoms with Crippen LogP contribution < -0.4 is 4.74 Å². The number of hydrogen-bond acceptors (Lipinski definition) is 6. The van der Waals surface area contributed by atoms with E-state index < -0.39 is 9.85 Å². The van der Waals surface area contributed by atoms with Gasteiger partial charge >= 0.3 is 0 Å². The summed E-state index contributed by atoms with van der Waals surface area (Å²) in [6.45, 7) is 0. The fraction of sp³-hybridized carbons (Fsp3) is 0.0625. The van der Waals surface area contributed by atoms with Crippen LogP contribution in [0.1, 0.15) is 0 Å². The quantitative estimate of drug-likeness (QED) is 0.559. The molecule has 126 valence electrons. The number of hydrogen-bond donors (Lipinski definition) is 1. The molecule has 0 spiro atoms. The summed E-state index contributed by atoms with van der Waals surface area (Å²) in [5.74, 6) is 0.700. The smallest absolute Gasteiger partial charge is 0.285 e. The lowest BCUT2D eigenvalue weighted by Gasteiger charge is -2.00. The molecule has 0 aliphatic heterocycles. The minimum atomic E-state index is -0.674.